The molecule has 1 aromatic heterocycles. The lowest BCUT2D eigenvalue weighted by Crippen LogP contribution is -2.42. The first-order valence-corrected chi connectivity index (χ1v) is 5.73. The molecular weight excluding hydrogens is 228 g/mol. The Morgan fingerprint density at radius 2 is 1.94 bits per heavy atom. The summed E-state index contributed by atoms with van der Waals surface area (Å²) in [4.78, 5) is 11.7. The highest BCUT2D eigenvalue weighted by Gasteiger charge is 2.09. The fraction of sp³-hybridized carbons (Fsp3) is 0.143. The minimum Gasteiger partial charge on any atom is -0.503 e. The Labute approximate surface area is 106 Å². The van der Waals surface area contributed by atoms with Crippen LogP contribution in [0.4, 0.5) is 0 Å². The molecule has 0 aliphatic carbocycles. The van der Waals surface area contributed by atoms with Crippen LogP contribution < -0.4 is 9.88 Å². The van der Waals surface area contributed by atoms with Crippen LogP contribution in [0.5, 0.6) is 5.75 Å². The molecule has 92 valence electrons. The maximum Gasteiger partial charge on any atom is 0.286 e. The maximum atomic E-state index is 11.7. The number of carbonyl (C=O) groups excluding carboxylic acids is 1. The van der Waals surface area contributed by atoms with E-state index in [1.54, 1.807) is 22.9 Å². The molecule has 4 heteroatoms. The molecule has 0 unspecified atom stereocenters. The van der Waals surface area contributed by atoms with Gasteiger partial charge in [0.1, 0.15) is 0 Å². The van der Waals surface area contributed by atoms with Gasteiger partial charge >= 0.3 is 0 Å². The molecule has 0 saturated carbocycles. The summed E-state index contributed by atoms with van der Waals surface area (Å²) < 4.78 is 1.63. The first-order valence-electron chi connectivity index (χ1n) is 5.73. The van der Waals surface area contributed by atoms with Crippen molar-refractivity contribution in [3.8, 4) is 5.75 Å². The quantitative estimate of drug-likeness (QED) is 0.787. The molecule has 18 heavy (non-hydrogen) atoms. The van der Waals surface area contributed by atoms with Gasteiger partial charge in [-0.15, -0.1) is 0 Å². The lowest BCUT2D eigenvalue weighted by Gasteiger charge is -2.03. The molecule has 0 atom stereocenters. The van der Waals surface area contributed by atoms with Crippen molar-refractivity contribution < 1.29 is 14.5 Å². The van der Waals surface area contributed by atoms with E-state index in [4.69, 9.17) is 0 Å². The molecule has 0 bridgehead atoms. The van der Waals surface area contributed by atoms with E-state index in [-0.39, 0.29) is 18.2 Å². The summed E-state index contributed by atoms with van der Waals surface area (Å²) in [5.74, 6) is 0.0582. The highest BCUT2D eigenvalue weighted by Crippen LogP contribution is 2.00. The average Bonchev–Trinajstić information content (AvgIpc) is 2.38. The second-order valence-electron chi connectivity index (χ2n) is 4.00. The molecule has 0 spiro atoms. The first kappa shape index (κ1) is 12.1. The van der Waals surface area contributed by atoms with Crippen LogP contribution in [0.2, 0.25) is 0 Å². The third kappa shape index (κ3) is 3.59. The monoisotopic (exact) mass is 243 g/mol. The van der Waals surface area contributed by atoms with E-state index < -0.39 is 0 Å². The van der Waals surface area contributed by atoms with E-state index in [1.165, 1.54) is 6.20 Å². The van der Waals surface area contributed by atoms with Crippen LogP contribution in [-0.4, -0.2) is 11.0 Å². The Morgan fingerprint density at radius 3 is 2.67 bits per heavy atom. The fourth-order valence-electron chi connectivity index (χ4n) is 1.62. The Kier molecular flexibility index (Phi) is 3.91. The summed E-state index contributed by atoms with van der Waals surface area (Å²) in [5, 5.41) is 12.1. The summed E-state index contributed by atoms with van der Waals surface area (Å²) in [6.07, 6.45) is 3.25. The predicted molar refractivity (Wildman–Crippen MR) is 66.6 cm³/mol. The van der Waals surface area contributed by atoms with Gasteiger partial charge in [-0.25, -0.2) is 0 Å². The number of rotatable bonds is 4. The molecule has 0 saturated heterocycles. The molecule has 2 aromatic rings. The Balaban J connectivity index is 1.86. The molecule has 2 rings (SSSR count). The van der Waals surface area contributed by atoms with Crippen molar-refractivity contribution in [2.24, 2.45) is 0 Å². The van der Waals surface area contributed by atoms with Gasteiger partial charge in [-0.05, 0) is 11.6 Å². The van der Waals surface area contributed by atoms with Gasteiger partial charge in [0.2, 0.25) is 12.7 Å². The van der Waals surface area contributed by atoms with Crippen molar-refractivity contribution in [2.75, 3.05) is 0 Å². The van der Waals surface area contributed by atoms with E-state index >= 15 is 0 Å². The van der Waals surface area contributed by atoms with Crippen LogP contribution in [0.3, 0.4) is 0 Å². The van der Waals surface area contributed by atoms with Crippen molar-refractivity contribution in [2.45, 2.75) is 13.1 Å². The largest absolute Gasteiger partial charge is 0.503 e. The minimum atomic E-state index is -0.0885. The molecule has 0 aliphatic rings. The number of carbonyl (C=O) groups is 1. The van der Waals surface area contributed by atoms with Gasteiger partial charge in [-0.2, -0.15) is 4.57 Å². The lowest BCUT2D eigenvalue weighted by atomic mass is 10.2. The number of benzene rings is 1. The SMILES string of the molecule is O=C(C[n+]1cccc(O)c1)NCc1ccccc1. The number of amides is 1. The van der Waals surface area contributed by atoms with Crippen molar-refractivity contribution >= 4 is 5.91 Å². The number of nitrogens with zero attached hydrogens (tertiary/aromatic N) is 1. The Hall–Kier alpha value is -2.36. The summed E-state index contributed by atoms with van der Waals surface area (Å²) in [6, 6.07) is 13.0. The van der Waals surface area contributed by atoms with Crippen LogP contribution >= 0.6 is 0 Å². The first-order chi connectivity index (χ1) is 8.74. The number of nitrogens with one attached hydrogen (secondary N) is 1. The predicted octanol–water partition coefficient (Wildman–Crippen LogP) is 0.996. The van der Waals surface area contributed by atoms with Gasteiger partial charge in [-0.1, -0.05) is 30.3 Å². The molecule has 0 fully saturated rings. The van der Waals surface area contributed by atoms with Crippen molar-refractivity contribution in [3.63, 3.8) is 0 Å². The van der Waals surface area contributed by atoms with Crippen molar-refractivity contribution in [3.05, 3.63) is 60.4 Å². The van der Waals surface area contributed by atoms with E-state index in [1.807, 2.05) is 30.3 Å². The molecule has 1 amide bonds. The zero-order valence-corrected chi connectivity index (χ0v) is 9.91. The van der Waals surface area contributed by atoms with Crippen LogP contribution in [0.15, 0.2) is 54.9 Å². The fourth-order valence-corrected chi connectivity index (χ4v) is 1.62. The van der Waals surface area contributed by atoms with Crippen LogP contribution in [0, 0.1) is 0 Å². The van der Waals surface area contributed by atoms with Gasteiger partial charge < -0.3 is 10.4 Å². The van der Waals surface area contributed by atoms with Crippen molar-refractivity contribution in [1.82, 2.24) is 5.32 Å². The van der Waals surface area contributed by atoms with Crippen LogP contribution in [0.1, 0.15) is 5.56 Å². The highest BCUT2D eigenvalue weighted by molar-refractivity contribution is 5.74. The Morgan fingerprint density at radius 1 is 1.17 bits per heavy atom. The minimum absolute atomic E-state index is 0.0885. The van der Waals surface area contributed by atoms with E-state index in [2.05, 4.69) is 5.32 Å². The smallest absolute Gasteiger partial charge is 0.286 e. The van der Waals surface area contributed by atoms with Crippen LogP contribution in [-0.2, 0) is 17.9 Å². The molecule has 1 aromatic carbocycles. The second kappa shape index (κ2) is 5.82. The van der Waals surface area contributed by atoms with Gasteiger partial charge in [0.05, 0.1) is 0 Å². The third-order valence-electron chi connectivity index (χ3n) is 2.50. The number of hydrogen-bond acceptors (Lipinski definition) is 2. The van der Waals surface area contributed by atoms with E-state index in [9.17, 15) is 9.90 Å². The number of aromatic nitrogens is 1. The topological polar surface area (TPSA) is 53.2 Å². The summed E-state index contributed by atoms with van der Waals surface area (Å²) >= 11 is 0. The zero-order chi connectivity index (χ0) is 12.8. The maximum absolute atomic E-state index is 11.7. The van der Waals surface area contributed by atoms with Gasteiger partial charge in [-0.3, -0.25) is 4.79 Å². The van der Waals surface area contributed by atoms with Gasteiger partial charge in [0, 0.05) is 12.6 Å². The third-order valence-corrected chi connectivity index (χ3v) is 2.50. The lowest BCUT2D eigenvalue weighted by molar-refractivity contribution is -0.684. The summed E-state index contributed by atoms with van der Waals surface area (Å²) in [6.45, 7) is 0.709. The standard InChI is InChI=1S/C14H14N2O2/c17-13-7-4-8-16(10-13)11-14(18)15-9-12-5-2-1-3-6-12/h1-8,10H,9,11H2,(H-,15,17,18)/p+1. The molecule has 4 nitrogen and oxygen atoms in total. The van der Waals surface area contributed by atoms with E-state index in [0.29, 0.717) is 6.54 Å². The Bertz CT molecular complexity index is 526. The summed E-state index contributed by atoms with van der Waals surface area (Å²) in [7, 11) is 0. The highest BCUT2D eigenvalue weighted by atomic mass is 16.3. The zero-order valence-electron chi connectivity index (χ0n) is 9.91. The normalized spacial score (nSPS) is 10.0. The summed E-state index contributed by atoms with van der Waals surface area (Å²) in [5.41, 5.74) is 1.06. The molecule has 1 heterocycles. The molecular formula is C14H15N2O2+. The molecule has 0 radical (unpaired) electrons. The number of aromatic hydroxyl groups is 1. The molecule has 0 aliphatic heterocycles. The van der Waals surface area contributed by atoms with Crippen molar-refractivity contribution in [1.29, 1.82) is 0 Å². The number of hydrogen-bond donors (Lipinski definition) is 2. The average molecular weight is 243 g/mol. The second-order valence-corrected chi connectivity index (χ2v) is 4.00. The molecule has 2 N–H and O–H groups in total. The van der Waals surface area contributed by atoms with E-state index in [0.717, 1.165) is 5.56 Å². The van der Waals surface area contributed by atoms with Crippen LogP contribution in [0.25, 0.3) is 0 Å². The number of pyridine rings is 1. The van der Waals surface area contributed by atoms with Gasteiger partial charge in [0.15, 0.2) is 11.9 Å². The van der Waals surface area contributed by atoms with Gasteiger partial charge in [0.25, 0.3) is 5.91 Å².